The average molecular weight is 261 g/mol. The van der Waals surface area contributed by atoms with E-state index in [0.29, 0.717) is 6.04 Å². The Morgan fingerprint density at radius 3 is 2.47 bits per heavy atom. The molecule has 0 bridgehead atoms. The lowest BCUT2D eigenvalue weighted by Crippen LogP contribution is -2.41. The SMILES string of the molecule is C=CCN(c1ccc(C(CC)NC)nc1)C(C)(C)C. The highest BCUT2D eigenvalue weighted by molar-refractivity contribution is 5.48. The zero-order valence-corrected chi connectivity index (χ0v) is 12.9. The van der Waals surface area contributed by atoms with Gasteiger partial charge in [0.25, 0.3) is 0 Å². The summed E-state index contributed by atoms with van der Waals surface area (Å²) in [5, 5.41) is 3.28. The van der Waals surface area contributed by atoms with Gasteiger partial charge >= 0.3 is 0 Å². The van der Waals surface area contributed by atoms with E-state index in [1.807, 2.05) is 19.3 Å². The zero-order chi connectivity index (χ0) is 14.5. The van der Waals surface area contributed by atoms with Crippen LogP contribution in [0.5, 0.6) is 0 Å². The maximum absolute atomic E-state index is 4.60. The summed E-state index contributed by atoms with van der Waals surface area (Å²) in [5.41, 5.74) is 2.30. The molecule has 0 amide bonds. The van der Waals surface area contributed by atoms with Crippen molar-refractivity contribution in [2.24, 2.45) is 0 Å². The minimum absolute atomic E-state index is 0.0601. The van der Waals surface area contributed by atoms with Crippen LogP contribution >= 0.6 is 0 Å². The topological polar surface area (TPSA) is 28.2 Å². The second-order valence-electron chi connectivity index (χ2n) is 5.76. The molecule has 1 aromatic rings. The number of rotatable bonds is 6. The summed E-state index contributed by atoms with van der Waals surface area (Å²) in [6.45, 7) is 13.4. The molecule has 19 heavy (non-hydrogen) atoms. The third kappa shape index (κ3) is 4.06. The van der Waals surface area contributed by atoms with Crippen molar-refractivity contribution in [1.29, 1.82) is 0 Å². The van der Waals surface area contributed by atoms with Crippen LogP contribution in [0.2, 0.25) is 0 Å². The number of nitrogens with zero attached hydrogens (tertiary/aromatic N) is 2. The van der Waals surface area contributed by atoms with Gasteiger partial charge in [0.05, 0.1) is 17.6 Å². The summed E-state index contributed by atoms with van der Waals surface area (Å²) in [7, 11) is 1.98. The fraction of sp³-hybridized carbons (Fsp3) is 0.562. The first-order valence-corrected chi connectivity index (χ1v) is 6.95. The van der Waals surface area contributed by atoms with Gasteiger partial charge in [-0.05, 0) is 46.4 Å². The standard InChI is InChI=1S/C16H27N3/c1-7-11-19(16(3,4)5)13-9-10-15(18-12-13)14(8-2)17-6/h7,9-10,12,14,17H,1,8,11H2,2-6H3. The molecule has 1 unspecified atom stereocenters. The van der Waals surface area contributed by atoms with Crippen molar-refractivity contribution >= 4 is 5.69 Å². The molecule has 1 rings (SSSR count). The fourth-order valence-electron chi connectivity index (χ4n) is 2.22. The molecular formula is C16H27N3. The first-order chi connectivity index (χ1) is 8.93. The minimum Gasteiger partial charge on any atom is -0.362 e. The molecule has 0 saturated heterocycles. The highest BCUT2D eigenvalue weighted by atomic mass is 15.2. The third-order valence-corrected chi connectivity index (χ3v) is 3.32. The van der Waals surface area contributed by atoms with Crippen molar-refractivity contribution in [1.82, 2.24) is 10.3 Å². The Kier molecular flexibility index (Phi) is 5.55. The van der Waals surface area contributed by atoms with Crippen LogP contribution in [0.4, 0.5) is 5.69 Å². The zero-order valence-electron chi connectivity index (χ0n) is 12.9. The Bertz CT molecular complexity index is 385. The summed E-state index contributed by atoms with van der Waals surface area (Å²) >= 11 is 0. The van der Waals surface area contributed by atoms with E-state index in [4.69, 9.17) is 0 Å². The van der Waals surface area contributed by atoms with Crippen LogP contribution in [-0.4, -0.2) is 24.1 Å². The highest BCUT2D eigenvalue weighted by Crippen LogP contribution is 2.24. The molecule has 0 saturated carbocycles. The summed E-state index contributed by atoms with van der Waals surface area (Å²) in [6.07, 6.45) is 4.93. The molecule has 3 heteroatoms. The molecule has 0 spiro atoms. The maximum atomic E-state index is 4.60. The first-order valence-electron chi connectivity index (χ1n) is 6.95. The van der Waals surface area contributed by atoms with Crippen LogP contribution < -0.4 is 10.2 Å². The lowest BCUT2D eigenvalue weighted by atomic mass is 10.0. The van der Waals surface area contributed by atoms with Gasteiger partial charge in [-0.1, -0.05) is 13.0 Å². The molecule has 0 aromatic carbocycles. The molecule has 3 nitrogen and oxygen atoms in total. The van der Waals surface area contributed by atoms with Crippen molar-refractivity contribution in [3.63, 3.8) is 0 Å². The minimum atomic E-state index is 0.0601. The summed E-state index contributed by atoms with van der Waals surface area (Å²) in [5.74, 6) is 0. The van der Waals surface area contributed by atoms with Crippen LogP contribution in [0.1, 0.15) is 45.9 Å². The van der Waals surface area contributed by atoms with E-state index in [1.165, 1.54) is 0 Å². The normalized spacial score (nSPS) is 13.1. The number of hydrogen-bond donors (Lipinski definition) is 1. The van der Waals surface area contributed by atoms with E-state index in [9.17, 15) is 0 Å². The second kappa shape index (κ2) is 6.71. The Hall–Kier alpha value is -1.35. The Labute approximate surface area is 117 Å². The van der Waals surface area contributed by atoms with Gasteiger partial charge in [0.2, 0.25) is 0 Å². The largest absolute Gasteiger partial charge is 0.362 e. The predicted octanol–water partition coefficient (Wildman–Crippen LogP) is 3.54. The molecule has 1 N–H and O–H groups in total. The number of hydrogen-bond acceptors (Lipinski definition) is 3. The Morgan fingerprint density at radius 1 is 1.42 bits per heavy atom. The van der Waals surface area contributed by atoms with Crippen molar-refractivity contribution in [2.45, 2.75) is 45.7 Å². The second-order valence-corrected chi connectivity index (χ2v) is 5.76. The van der Waals surface area contributed by atoms with Crippen molar-refractivity contribution in [2.75, 3.05) is 18.5 Å². The van der Waals surface area contributed by atoms with E-state index >= 15 is 0 Å². The van der Waals surface area contributed by atoms with Crippen LogP contribution in [-0.2, 0) is 0 Å². The molecular weight excluding hydrogens is 234 g/mol. The monoisotopic (exact) mass is 261 g/mol. The van der Waals surface area contributed by atoms with Crippen LogP contribution in [0, 0.1) is 0 Å². The van der Waals surface area contributed by atoms with Crippen molar-refractivity contribution < 1.29 is 0 Å². The number of aromatic nitrogens is 1. The quantitative estimate of drug-likeness (QED) is 0.794. The first kappa shape index (κ1) is 15.7. The van der Waals surface area contributed by atoms with Gasteiger partial charge in [-0.25, -0.2) is 0 Å². The van der Waals surface area contributed by atoms with Crippen LogP contribution in [0.3, 0.4) is 0 Å². The number of anilines is 1. The van der Waals surface area contributed by atoms with Crippen molar-refractivity contribution in [3.8, 4) is 0 Å². The van der Waals surface area contributed by atoms with E-state index in [1.54, 1.807) is 0 Å². The van der Waals surface area contributed by atoms with E-state index in [-0.39, 0.29) is 5.54 Å². The van der Waals surface area contributed by atoms with Crippen LogP contribution in [0.25, 0.3) is 0 Å². The maximum Gasteiger partial charge on any atom is 0.0574 e. The summed E-state index contributed by atoms with van der Waals surface area (Å²) in [4.78, 5) is 6.90. The lowest BCUT2D eigenvalue weighted by molar-refractivity contribution is 0.520. The van der Waals surface area contributed by atoms with Gasteiger partial charge in [-0.15, -0.1) is 6.58 Å². The van der Waals surface area contributed by atoms with E-state index in [0.717, 1.165) is 24.3 Å². The average Bonchev–Trinajstić information content (AvgIpc) is 2.37. The molecule has 106 valence electrons. The molecule has 1 atom stereocenters. The van der Waals surface area contributed by atoms with Crippen molar-refractivity contribution in [3.05, 3.63) is 36.7 Å². The predicted molar refractivity (Wildman–Crippen MR) is 83.6 cm³/mol. The molecule has 0 fully saturated rings. The molecule has 1 heterocycles. The van der Waals surface area contributed by atoms with Gasteiger partial charge < -0.3 is 10.2 Å². The van der Waals surface area contributed by atoms with E-state index < -0.39 is 0 Å². The molecule has 0 aliphatic carbocycles. The highest BCUT2D eigenvalue weighted by Gasteiger charge is 2.21. The van der Waals surface area contributed by atoms with Gasteiger partial charge in [0.1, 0.15) is 0 Å². The number of pyridine rings is 1. The lowest BCUT2D eigenvalue weighted by Gasteiger charge is -2.37. The van der Waals surface area contributed by atoms with Gasteiger partial charge in [-0.2, -0.15) is 0 Å². The summed E-state index contributed by atoms with van der Waals surface area (Å²) in [6, 6.07) is 4.59. The molecule has 0 aliphatic heterocycles. The van der Waals surface area contributed by atoms with Crippen LogP contribution in [0.15, 0.2) is 31.0 Å². The fourth-order valence-corrected chi connectivity index (χ4v) is 2.22. The van der Waals surface area contributed by atoms with Gasteiger partial charge in [0, 0.05) is 18.1 Å². The Morgan fingerprint density at radius 2 is 2.11 bits per heavy atom. The van der Waals surface area contributed by atoms with Gasteiger partial charge in [-0.3, -0.25) is 4.98 Å². The molecule has 0 radical (unpaired) electrons. The van der Waals surface area contributed by atoms with E-state index in [2.05, 4.69) is 61.6 Å². The number of nitrogens with one attached hydrogen (secondary N) is 1. The molecule has 0 aliphatic rings. The summed E-state index contributed by atoms with van der Waals surface area (Å²) < 4.78 is 0. The Balaban J connectivity index is 2.98. The van der Waals surface area contributed by atoms with Gasteiger partial charge in [0.15, 0.2) is 0 Å². The molecule has 1 aromatic heterocycles. The smallest absolute Gasteiger partial charge is 0.0574 e. The third-order valence-electron chi connectivity index (χ3n) is 3.32.